The fraction of sp³-hybridized carbons (Fsp3) is 0.200. The summed E-state index contributed by atoms with van der Waals surface area (Å²) in [6.45, 7) is 0. The Morgan fingerprint density at radius 1 is 1.05 bits per heavy atom. The second-order valence-electron chi connectivity index (χ2n) is 4.31. The third kappa shape index (κ3) is 3.22. The van der Waals surface area contributed by atoms with Gasteiger partial charge in [-0.15, -0.1) is 0 Å². The fourth-order valence-electron chi connectivity index (χ4n) is 1.97. The summed E-state index contributed by atoms with van der Waals surface area (Å²) in [6.07, 6.45) is 1.25. The SMILES string of the molecule is COc1ccc(F)cc1CCc1ccc(F)c(N)c1. The zero-order valence-electron chi connectivity index (χ0n) is 10.6. The minimum absolute atomic E-state index is 0.128. The molecule has 0 saturated heterocycles. The molecule has 2 aromatic rings. The van der Waals surface area contributed by atoms with Gasteiger partial charge in [-0.2, -0.15) is 0 Å². The Hall–Kier alpha value is -2.10. The normalized spacial score (nSPS) is 10.5. The number of ether oxygens (including phenoxy) is 1. The summed E-state index contributed by atoms with van der Waals surface area (Å²) in [5, 5.41) is 0. The summed E-state index contributed by atoms with van der Waals surface area (Å²) in [6, 6.07) is 9.03. The van der Waals surface area contributed by atoms with Crippen LogP contribution in [0, 0.1) is 11.6 Å². The van der Waals surface area contributed by atoms with Gasteiger partial charge < -0.3 is 10.5 Å². The van der Waals surface area contributed by atoms with Crippen LogP contribution in [0.4, 0.5) is 14.5 Å². The second-order valence-corrected chi connectivity index (χ2v) is 4.31. The molecule has 0 radical (unpaired) electrons. The van der Waals surface area contributed by atoms with Gasteiger partial charge in [0.05, 0.1) is 12.8 Å². The van der Waals surface area contributed by atoms with E-state index in [2.05, 4.69) is 0 Å². The highest BCUT2D eigenvalue weighted by Crippen LogP contribution is 2.22. The number of halogens is 2. The van der Waals surface area contributed by atoms with E-state index < -0.39 is 5.82 Å². The largest absolute Gasteiger partial charge is 0.496 e. The maximum atomic E-state index is 13.2. The summed E-state index contributed by atoms with van der Waals surface area (Å²) in [4.78, 5) is 0. The molecule has 2 rings (SSSR count). The molecular formula is C15H15F2NO. The summed E-state index contributed by atoms with van der Waals surface area (Å²) in [5.41, 5.74) is 7.33. The standard InChI is InChI=1S/C15H15F2NO/c1-19-15-7-5-12(16)9-11(15)4-2-10-3-6-13(17)14(18)8-10/h3,5-9H,2,4,18H2,1H3. The highest BCUT2D eigenvalue weighted by molar-refractivity contribution is 5.43. The van der Waals surface area contributed by atoms with Crippen molar-refractivity contribution in [2.75, 3.05) is 12.8 Å². The number of nitrogen functional groups attached to an aromatic ring is 1. The van der Waals surface area contributed by atoms with Crippen LogP contribution in [0.3, 0.4) is 0 Å². The summed E-state index contributed by atoms with van der Waals surface area (Å²) >= 11 is 0. The molecule has 2 aromatic carbocycles. The summed E-state index contributed by atoms with van der Waals surface area (Å²) in [7, 11) is 1.55. The molecule has 0 unspecified atom stereocenters. The predicted octanol–water partition coefficient (Wildman–Crippen LogP) is 3.34. The Kier molecular flexibility index (Phi) is 4.00. The van der Waals surface area contributed by atoms with Gasteiger partial charge in [0.2, 0.25) is 0 Å². The van der Waals surface area contributed by atoms with Crippen molar-refractivity contribution in [3.8, 4) is 5.75 Å². The molecule has 19 heavy (non-hydrogen) atoms. The highest BCUT2D eigenvalue weighted by atomic mass is 19.1. The number of rotatable bonds is 4. The summed E-state index contributed by atoms with van der Waals surface area (Å²) in [5.74, 6) is -0.0713. The number of methoxy groups -OCH3 is 1. The van der Waals surface area contributed by atoms with E-state index in [0.717, 1.165) is 11.1 Å². The van der Waals surface area contributed by atoms with Crippen molar-refractivity contribution in [2.24, 2.45) is 0 Å². The number of hydrogen-bond acceptors (Lipinski definition) is 2. The van der Waals surface area contributed by atoms with Crippen LogP contribution in [0.1, 0.15) is 11.1 Å². The fourth-order valence-corrected chi connectivity index (χ4v) is 1.97. The van der Waals surface area contributed by atoms with Crippen LogP contribution >= 0.6 is 0 Å². The van der Waals surface area contributed by atoms with Crippen LogP contribution in [0.2, 0.25) is 0 Å². The highest BCUT2D eigenvalue weighted by Gasteiger charge is 2.06. The maximum absolute atomic E-state index is 13.2. The Labute approximate surface area is 110 Å². The molecule has 0 atom stereocenters. The van der Waals surface area contributed by atoms with Crippen molar-refractivity contribution >= 4 is 5.69 Å². The number of nitrogens with two attached hydrogens (primary N) is 1. The Bertz CT molecular complexity index is 584. The molecule has 0 spiro atoms. The number of aryl methyl sites for hydroxylation is 2. The van der Waals surface area contributed by atoms with Gasteiger partial charge in [0.1, 0.15) is 17.4 Å². The third-order valence-electron chi connectivity index (χ3n) is 2.99. The van der Waals surface area contributed by atoms with Gasteiger partial charge >= 0.3 is 0 Å². The molecular weight excluding hydrogens is 248 g/mol. The maximum Gasteiger partial charge on any atom is 0.146 e. The first kappa shape index (κ1) is 13.3. The smallest absolute Gasteiger partial charge is 0.146 e. The van der Waals surface area contributed by atoms with Crippen molar-refractivity contribution < 1.29 is 13.5 Å². The van der Waals surface area contributed by atoms with Gasteiger partial charge in [0, 0.05) is 0 Å². The Balaban J connectivity index is 2.13. The lowest BCUT2D eigenvalue weighted by Gasteiger charge is -2.09. The van der Waals surface area contributed by atoms with Crippen molar-refractivity contribution in [1.82, 2.24) is 0 Å². The molecule has 0 saturated carbocycles. The molecule has 100 valence electrons. The predicted molar refractivity (Wildman–Crippen MR) is 71.2 cm³/mol. The van der Waals surface area contributed by atoms with E-state index >= 15 is 0 Å². The molecule has 2 nitrogen and oxygen atoms in total. The van der Waals surface area contributed by atoms with E-state index in [1.807, 2.05) is 0 Å². The lowest BCUT2D eigenvalue weighted by molar-refractivity contribution is 0.408. The zero-order valence-corrected chi connectivity index (χ0v) is 10.6. The van der Waals surface area contributed by atoms with Gasteiger partial charge in [-0.3, -0.25) is 0 Å². The van der Waals surface area contributed by atoms with Crippen LogP contribution in [-0.4, -0.2) is 7.11 Å². The quantitative estimate of drug-likeness (QED) is 0.859. The lowest BCUT2D eigenvalue weighted by Crippen LogP contribution is -1.98. The van der Waals surface area contributed by atoms with Gasteiger partial charge in [-0.25, -0.2) is 8.78 Å². The molecule has 2 N–H and O–H groups in total. The molecule has 0 bridgehead atoms. The van der Waals surface area contributed by atoms with Gasteiger partial charge in [0.25, 0.3) is 0 Å². The minimum Gasteiger partial charge on any atom is -0.496 e. The molecule has 0 aliphatic heterocycles. The van der Waals surface area contributed by atoms with Crippen molar-refractivity contribution in [1.29, 1.82) is 0 Å². The van der Waals surface area contributed by atoms with Gasteiger partial charge in [0.15, 0.2) is 0 Å². The van der Waals surface area contributed by atoms with Gasteiger partial charge in [-0.1, -0.05) is 6.07 Å². The molecule has 4 heteroatoms. The number of anilines is 1. The first-order valence-corrected chi connectivity index (χ1v) is 5.96. The first-order valence-electron chi connectivity index (χ1n) is 5.96. The monoisotopic (exact) mass is 263 g/mol. The first-order chi connectivity index (χ1) is 9.10. The van der Waals surface area contributed by atoms with Gasteiger partial charge in [-0.05, 0) is 54.3 Å². The lowest BCUT2D eigenvalue weighted by atomic mass is 10.0. The van der Waals surface area contributed by atoms with Crippen molar-refractivity contribution in [3.63, 3.8) is 0 Å². The second kappa shape index (κ2) is 5.69. The average molecular weight is 263 g/mol. The summed E-state index contributed by atoms with van der Waals surface area (Å²) < 4.78 is 31.4. The Morgan fingerprint density at radius 2 is 1.84 bits per heavy atom. The molecule has 0 aliphatic rings. The molecule has 0 fully saturated rings. The van der Waals surface area contributed by atoms with E-state index in [4.69, 9.17) is 10.5 Å². The third-order valence-corrected chi connectivity index (χ3v) is 2.99. The minimum atomic E-state index is -0.424. The average Bonchev–Trinajstić information content (AvgIpc) is 2.40. The van der Waals surface area contributed by atoms with E-state index in [-0.39, 0.29) is 11.5 Å². The Morgan fingerprint density at radius 3 is 2.53 bits per heavy atom. The topological polar surface area (TPSA) is 35.2 Å². The van der Waals surface area contributed by atoms with E-state index in [1.54, 1.807) is 25.3 Å². The molecule has 0 aliphatic carbocycles. The number of benzene rings is 2. The van der Waals surface area contributed by atoms with Crippen LogP contribution in [0.25, 0.3) is 0 Å². The van der Waals surface area contributed by atoms with Crippen molar-refractivity contribution in [3.05, 3.63) is 59.2 Å². The van der Waals surface area contributed by atoms with E-state index in [0.29, 0.717) is 18.6 Å². The van der Waals surface area contributed by atoms with Crippen LogP contribution < -0.4 is 10.5 Å². The zero-order chi connectivity index (χ0) is 13.8. The van der Waals surface area contributed by atoms with Crippen molar-refractivity contribution in [2.45, 2.75) is 12.8 Å². The molecule has 0 amide bonds. The molecule has 0 aromatic heterocycles. The van der Waals surface area contributed by atoms with E-state index in [1.165, 1.54) is 18.2 Å². The van der Waals surface area contributed by atoms with E-state index in [9.17, 15) is 8.78 Å². The number of hydrogen-bond donors (Lipinski definition) is 1. The molecule has 0 heterocycles. The van der Waals surface area contributed by atoms with Crippen LogP contribution in [-0.2, 0) is 12.8 Å². The van der Waals surface area contributed by atoms with Crippen LogP contribution in [0.15, 0.2) is 36.4 Å². The van der Waals surface area contributed by atoms with Crippen LogP contribution in [0.5, 0.6) is 5.75 Å².